The SMILES string of the molecule is CCNC(=NCc1nc(-c2ccc(OC)cc2)n[nH]1)NCCCOCC(C)C. The van der Waals surface area contributed by atoms with Crippen molar-refractivity contribution in [3.05, 3.63) is 30.1 Å². The first-order valence-corrected chi connectivity index (χ1v) is 9.78. The van der Waals surface area contributed by atoms with Crippen LogP contribution in [0.1, 0.15) is 33.0 Å². The molecular formula is C20H32N6O2. The van der Waals surface area contributed by atoms with Crippen molar-refractivity contribution in [3.8, 4) is 17.1 Å². The van der Waals surface area contributed by atoms with Gasteiger partial charge in [0.1, 0.15) is 18.1 Å². The lowest BCUT2D eigenvalue weighted by molar-refractivity contribution is 0.108. The highest BCUT2D eigenvalue weighted by atomic mass is 16.5. The maximum Gasteiger partial charge on any atom is 0.191 e. The number of nitrogens with zero attached hydrogens (tertiary/aromatic N) is 3. The van der Waals surface area contributed by atoms with Gasteiger partial charge < -0.3 is 20.1 Å². The fourth-order valence-corrected chi connectivity index (χ4v) is 2.43. The van der Waals surface area contributed by atoms with Gasteiger partial charge in [-0.3, -0.25) is 5.10 Å². The molecule has 0 radical (unpaired) electrons. The number of rotatable bonds is 11. The molecule has 8 heteroatoms. The number of aliphatic imine (C=N–C) groups is 1. The number of benzene rings is 1. The van der Waals surface area contributed by atoms with Crippen LogP contribution in [0, 0.1) is 5.92 Å². The average Bonchev–Trinajstić information content (AvgIpc) is 3.17. The second kappa shape index (κ2) is 12.0. The highest BCUT2D eigenvalue weighted by Gasteiger charge is 2.06. The third kappa shape index (κ3) is 7.56. The lowest BCUT2D eigenvalue weighted by Crippen LogP contribution is -2.38. The molecule has 0 aliphatic carbocycles. The van der Waals surface area contributed by atoms with Crippen molar-refractivity contribution in [1.29, 1.82) is 0 Å². The number of guanidine groups is 1. The Morgan fingerprint density at radius 3 is 2.68 bits per heavy atom. The molecule has 0 aliphatic heterocycles. The minimum atomic E-state index is 0.419. The normalized spacial score (nSPS) is 11.7. The van der Waals surface area contributed by atoms with Crippen LogP contribution in [-0.2, 0) is 11.3 Å². The van der Waals surface area contributed by atoms with Gasteiger partial charge in [-0.15, -0.1) is 0 Å². The van der Waals surface area contributed by atoms with E-state index in [9.17, 15) is 0 Å². The number of aromatic amines is 1. The average molecular weight is 389 g/mol. The molecule has 1 heterocycles. The van der Waals surface area contributed by atoms with E-state index >= 15 is 0 Å². The molecule has 0 bridgehead atoms. The lowest BCUT2D eigenvalue weighted by Gasteiger charge is -2.11. The van der Waals surface area contributed by atoms with E-state index in [0.29, 0.717) is 24.1 Å². The van der Waals surface area contributed by atoms with Crippen molar-refractivity contribution in [3.63, 3.8) is 0 Å². The number of methoxy groups -OCH3 is 1. The monoisotopic (exact) mass is 388 g/mol. The number of hydrogen-bond donors (Lipinski definition) is 3. The first-order chi connectivity index (χ1) is 13.6. The molecule has 0 saturated heterocycles. The van der Waals surface area contributed by atoms with Crippen molar-refractivity contribution in [1.82, 2.24) is 25.8 Å². The number of hydrogen-bond acceptors (Lipinski definition) is 5. The van der Waals surface area contributed by atoms with Gasteiger partial charge >= 0.3 is 0 Å². The molecule has 2 rings (SSSR count). The van der Waals surface area contributed by atoms with Crippen molar-refractivity contribution >= 4 is 5.96 Å². The zero-order valence-electron chi connectivity index (χ0n) is 17.3. The van der Waals surface area contributed by atoms with Gasteiger partial charge in [-0.25, -0.2) is 9.98 Å². The predicted molar refractivity (Wildman–Crippen MR) is 111 cm³/mol. The maximum absolute atomic E-state index is 5.59. The zero-order valence-corrected chi connectivity index (χ0v) is 17.3. The van der Waals surface area contributed by atoms with Gasteiger partial charge in [-0.2, -0.15) is 5.10 Å². The van der Waals surface area contributed by atoms with Crippen LogP contribution in [-0.4, -0.2) is 54.6 Å². The Labute approximate surface area is 167 Å². The molecule has 0 atom stereocenters. The summed E-state index contributed by atoms with van der Waals surface area (Å²) in [7, 11) is 1.65. The molecule has 1 aromatic carbocycles. The molecule has 1 aromatic heterocycles. The highest BCUT2D eigenvalue weighted by Crippen LogP contribution is 2.18. The third-order valence-electron chi connectivity index (χ3n) is 3.82. The Kier molecular flexibility index (Phi) is 9.27. The van der Waals surface area contributed by atoms with E-state index in [4.69, 9.17) is 9.47 Å². The van der Waals surface area contributed by atoms with E-state index in [0.717, 1.165) is 50.0 Å². The first-order valence-electron chi connectivity index (χ1n) is 9.78. The summed E-state index contributed by atoms with van der Waals surface area (Å²) in [5.74, 6) is 3.49. The Morgan fingerprint density at radius 1 is 1.21 bits per heavy atom. The number of nitrogens with one attached hydrogen (secondary N) is 3. The minimum Gasteiger partial charge on any atom is -0.497 e. The van der Waals surface area contributed by atoms with Gasteiger partial charge in [-0.05, 0) is 43.5 Å². The zero-order chi connectivity index (χ0) is 20.2. The van der Waals surface area contributed by atoms with E-state index in [1.807, 2.05) is 31.2 Å². The van der Waals surface area contributed by atoms with E-state index in [1.54, 1.807) is 7.11 Å². The quantitative estimate of drug-likeness (QED) is 0.311. The molecule has 0 amide bonds. The van der Waals surface area contributed by atoms with Crippen LogP contribution in [0.2, 0.25) is 0 Å². The second-order valence-corrected chi connectivity index (χ2v) is 6.78. The van der Waals surface area contributed by atoms with Crippen LogP contribution in [0.25, 0.3) is 11.4 Å². The summed E-state index contributed by atoms with van der Waals surface area (Å²) in [6, 6.07) is 7.65. The van der Waals surface area contributed by atoms with Crippen molar-refractivity contribution < 1.29 is 9.47 Å². The molecule has 0 spiro atoms. The molecule has 0 unspecified atom stereocenters. The largest absolute Gasteiger partial charge is 0.497 e. The Hall–Kier alpha value is -2.61. The maximum atomic E-state index is 5.59. The molecule has 3 N–H and O–H groups in total. The topological polar surface area (TPSA) is 96.5 Å². The van der Waals surface area contributed by atoms with Crippen LogP contribution < -0.4 is 15.4 Å². The molecule has 0 aliphatic rings. The van der Waals surface area contributed by atoms with Gasteiger partial charge in [0.15, 0.2) is 11.8 Å². The summed E-state index contributed by atoms with van der Waals surface area (Å²) in [4.78, 5) is 9.08. The van der Waals surface area contributed by atoms with Crippen molar-refractivity contribution in [2.45, 2.75) is 33.7 Å². The second-order valence-electron chi connectivity index (χ2n) is 6.78. The van der Waals surface area contributed by atoms with Crippen LogP contribution in [0.15, 0.2) is 29.3 Å². The van der Waals surface area contributed by atoms with E-state index < -0.39 is 0 Å². The summed E-state index contributed by atoms with van der Waals surface area (Å²) < 4.78 is 10.8. The van der Waals surface area contributed by atoms with Gasteiger partial charge in [0, 0.05) is 31.9 Å². The Morgan fingerprint density at radius 2 is 2.00 bits per heavy atom. The fraction of sp³-hybridized carbons (Fsp3) is 0.550. The minimum absolute atomic E-state index is 0.419. The molecule has 28 heavy (non-hydrogen) atoms. The van der Waals surface area contributed by atoms with Crippen molar-refractivity contribution in [2.75, 3.05) is 33.4 Å². The molecule has 154 valence electrons. The Balaban J connectivity index is 1.84. The van der Waals surface area contributed by atoms with Crippen LogP contribution in [0.5, 0.6) is 5.75 Å². The molecule has 2 aromatic rings. The third-order valence-corrected chi connectivity index (χ3v) is 3.82. The van der Waals surface area contributed by atoms with Crippen LogP contribution in [0.4, 0.5) is 0 Å². The van der Waals surface area contributed by atoms with Crippen LogP contribution >= 0.6 is 0 Å². The van der Waals surface area contributed by atoms with E-state index in [1.165, 1.54) is 0 Å². The standard InChI is InChI=1S/C20H32N6O2/c1-5-21-20(22-11-6-12-28-14-15(2)3)23-13-18-24-19(26-25-18)16-7-9-17(27-4)10-8-16/h7-10,15H,5-6,11-14H2,1-4H3,(H2,21,22,23)(H,24,25,26). The summed E-state index contributed by atoms with van der Waals surface area (Å²) in [6.07, 6.45) is 0.932. The number of ether oxygens (including phenoxy) is 2. The summed E-state index contributed by atoms with van der Waals surface area (Å²) in [5, 5.41) is 13.8. The van der Waals surface area contributed by atoms with Gasteiger partial charge in [0.05, 0.1) is 7.11 Å². The summed E-state index contributed by atoms with van der Waals surface area (Å²) in [5.41, 5.74) is 0.929. The van der Waals surface area contributed by atoms with E-state index in [2.05, 4.69) is 44.7 Å². The van der Waals surface area contributed by atoms with Crippen molar-refractivity contribution in [2.24, 2.45) is 10.9 Å². The number of H-pyrrole nitrogens is 1. The predicted octanol–water partition coefficient (Wildman–Crippen LogP) is 2.60. The van der Waals surface area contributed by atoms with E-state index in [-0.39, 0.29) is 0 Å². The summed E-state index contributed by atoms with van der Waals surface area (Å²) >= 11 is 0. The molecular weight excluding hydrogens is 356 g/mol. The fourth-order valence-electron chi connectivity index (χ4n) is 2.43. The summed E-state index contributed by atoms with van der Waals surface area (Å²) in [6.45, 7) is 9.91. The smallest absolute Gasteiger partial charge is 0.191 e. The molecule has 8 nitrogen and oxygen atoms in total. The molecule has 0 saturated carbocycles. The van der Waals surface area contributed by atoms with Crippen LogP contribution in [0.3, 0.4) is 0 Å². The first kappa shape index (κ1) is 21.7. The van der Waals surface area contributed by atoms with Gasteiger partial charge in [-0.1, -0.05) is 13.8 Å². The lowest BCUT2D eigenvalue weighted by atomic mass is 10.2. The number of aromatic nitrogens is 3. The Bertz CT molecular complexity index is 712. The highest BCUT2D eigenvalue weighted by molar-refractivity contribution is 5.79. The van der Waals surface area contributed by atoms with Gasteiger partial charge in [0.2, 0.25) is 0 Å². The molecule has 0 fully saturated rings. The van der Waals surface area contributed by atoms with Gasteiger partial charge in [0.25, 0.3) is 0 Å².